The number of amides is 1. The molecular weight excluding hydrogens is 262 g/mol. The molecule has 0 aromatic rings. The average Bonchev–Trinajstić information content (AvgIpc) is 3.15. The van der Waals surface area contributed by atoms with Gasteiger partial charge < -0.3 is 10.6 Å². The normalized spacial score (nSPS) is 27.9. The van der Waals surface area contributed by atoms with Crippen molar-refractivity contribution in [1.82, 2.24) is 10.2 Å². The Labute approximate surface area is 129 Å². The van der Waals surface area contributed by atoms with Crippen LogP contribution in [0.3, 0.4) is 0 Å². The van der Waals surface area contributed by atoms with Gasteiger partial charge in [-0.3, -0.25) is 10.1 Å². The van der Waals surface area contributed by atoms with Crippen LogP contribution in [0.4, 0.5) is 0 Å². The molecule has 0 aromatic heterocycles. The number of hydrogen-bond donors (Lipinski definition) is 2. The predicted octanol–water partition coefficient (Wildman–Crippen LogP) is 2.13. The summed E-state index contributed by atoms with van der Waals surface area (Å²) in [5, 5.41) is 3.46. The first-order valence-electron chi connectivity index (χ1n) is 8.51. The zero-order valence-corrected chi connectivity index (χ0v) is 14.2. The highest BCUT2D eigenvalue weighted by Crippen LogP contribution is 2.34. The molecule has 2 atom stereocenters. The summed E-state index contributed by atoms with van der Waals surface area (Å²) in [6.07, 6.45) is 6.09. The van der Waals surface area contributed by atoms with Gasteiger partial charge in [0.25, 0.3) is 0 Å². The van der Waals surface area contributed by atoms with Crippen LogP contribution < -0.4 is 11.1 Å². The molecule has 3 N–H and O–H groups in total. The molecule has 2 rings (SSSR count). The van der Waals surface area contributed by atoms with Gasteiger partial charge in [-0.1, -0.05) is 20.8 Å². The maximum Gasteiger partial charge on any atom is 0.238 e. The maximum atomic E-state index is 11.9. The molecule has 0 aromatic carbocycles. The molecule has 0 spiro atoms. The van der Waals surface area contributed by atoms with Gasteiger partial charge in [-0.15, -0.1) is 0 Å². The lowest BCUT2D eigenvalue weighted by Crippen LogP contribution is -2.60. The van der Waals surface area contributed by atoms with E-state index in [1.54, 1.807) is 0 Å². The highest BCUT2D eigenvalue weighted by Gasteiger charge is 2.39. The minimum absolute atomic E-state index is 0.217. The van der Waals surface area contributed by atoms with Crippen molar-refractivity contribution in [2.24, 2.45) is 17.1 Å². The van der Waals surface area contributed by atoms with Gasteiger partial charge >= 0.3 is 0 Å². The third-order valence-electron chi connectivity index (χ3n) is 5.23. The molecule has 1 aliphatic heterocycles. The van der Waals surface area contributed by atoms with Crippen molar-refractivity contribution in [1.29, 1.82) is 0 Å². The number of nitrogens with two attached hydrogens (primary N) is 1. The molecule has 0 bridgehead atoms. The molecule has 21 heavy (non-hydrogen) atoms. The zero-order chi connectivity index (χ0) is 15.7. The van der Waals surface area contributed by atoms with E-state index < -0.39 is 5.54 Å². The number of nitrogens with zero attached hydrogens (tertiary/aromatic N) is 1. The third-order valence-corrected chi connectivity index (χ3v) is 5.23. The molecule has 1 amide bonds. The Morgan fingerprint density at radius 3 is 2.33 bits per heavy atom. The highest BCUT2D eigenvalue weighted by atomic mass is 16.1. The number of rotatable bonds is 5. The lowest BCUT2D eigenvalue weighted by atomic mass is 9.77. The number of carbonyl (C=O) groups is 1. The van der Waals surface area contributed by atoms with Crippen LogP contribution >= 0.6 is 0 Å². The second kappa shape index (κ2) is 6.25. The Balaban J connectivity index is 1.93. The molecule has 4 nitrogen and oxygen atoms in total. The zero-order valence-electron chi connectivity index (χ0n) is 14.2. The van der Waals surface area contributed by atoms with Gasteiger partial charge in [0, 0.05) is 12.6 Å². The largest absolute Gasteiger partial charge is 0.368 e. The van der Waals surface area contributed by atoms with Crippen LogP contribution in [0.5, 0.6) is 0 Å². The molecule has 2 fully saturated rings. The van der Waals surface area contributed by atoms with E-state index in [2.05, 4.69) is 31.0 Å². The molecule has 122 valence electrons. The Kier molecular flexibility index (Phi) is 4.99. The van der Waals surface area contributed by atoms with E-state index in [-0.39, 0.29) is 5.91 Å². The summed E-state index contributed by atoms with van der Waals surface area (Å²) in [7, 11) is 0. The first-order chi connectivity index (χ1) is 9.71. The fourth-order valence-corrected chi connectivity index (χ4v) is 3.50. The number of likely N-dealkylation sites (tertiary alicyclic amines) is 1. The second-order valence-electron chi connectivity index (χ2n) is 8.38. The van der Waals surface area contributed by atoms with E-state index in [0.717, 1.165) is 25.6 Å². The molecule has 1 aliphatic carbocycles. The fraction of sp³-hybridized carbons (Fsp3) is 0.941. The topological polar surface area (TPSA) is 58.4 Å². The highest BCUT2D eigenvalue weighted by molar-refractivity contribution is 5.84. The summed E-state index contributed by atoms with van der Waals surface area (Å²) in [6.45, 7) is 11.9. The Bertz CT molecular complexity index is 373. The van der Waals surface area contributed by atoms with Gasteiger partial charge in [-0.25, -0.2) is 0 Å². The number of carbonyl (C=O) groups excluding carboxylic acids is 1. The minimum Gasteiger partial charge on any atom is -0.368 e. The predicted molar refractivity (Wildman–Crippen MR) is 87.0 cm³/mol. The van der Waals surface area contributed by atoms with Crippen LogP contribution in [-0.4, -0.2) is 42.0 Å². The number of hydrogen-bond acceptors (Lipinski definition) is 3. The quantitative estimate of drug-likeness (QED) is 0.817. The summed E-state index contributed by atoms with van der Waals surface area (Å²) < 4.78 is 0. The van der Waals surface area contributed by atoms with Crippen molar-refractivity contribution in [3.8, 4) is 0 Å². The molecule has 1 saturated carbocycles. The molecule has 2 aliphatic rings. The Hall–Kier alpha value is -0.610. The van der Waals surface area contributed by atoms with E-state index in [0.29, 0.717) is 11.5 Å². The van der Waals surface area contributed by atoms with Gasteiger partial charge in [0.15, 0.2) is 0 Å². The molecule has 1 saturated heterocycles. The summed E-state index contributed by atoms with van der Waals surface area (Å²) >= 11 is 0. The second-order valence-corrected chi connectivity index (χ2v) is 8.38. The Morgan fingerprint density at radius 1 is 1.14 bits per heavy atom. The molecule has 0 radical (unpaired) electrons. The van der Waals surface area contributed by atoms with E-state index >= 15 is 0 Å². The summed E-state index contributed by atoms with van der Waals surface area (Å²) in [5.41, 5.74) is 5.48. The molecule has 4 heteroatoms. The van der Waals surface area contributed by atoms with Crippen molar-refractivity contribution in [3.05, 3.63) is 0 Å². The molecular formula is C17H33N3O. The average molecular weight is 295 g/mol. The lowest BCUT2D eigenvalue weighted by molar-refractivity contribution is -0.124. The lowest BCUT2D eigenvalue weighted by Gasteiger charge is -2.34. The van der Waals surface area contributed by atoms with Crippen LogP contribution in [0.25, 0.3) is 0 Å². The van der Waals surface area contributed by atoms with Crippen LogP contribution in [0.2, 0.25) is 0 Å². The first-order valence-corrected chi connectivity index (χ1v) is 8.51. The smallest absolute Gasteiger partial charge is 0.238 e. The van der Waals surface area contributed by atoms with Gasteiger partial charge in [0.1, 0.15) is 5.54 Å². The number of primary amides is 1. The molecule has 2 unspecified atom stereocenters. The summed E-state index contributed by atoms with van der Waals surface area (Å²) in [6, 6.07) is 0.497. The fourth-order valence-electron chi connectivity index (χ4n) is 3.50. The maximum absolute atomic E-state index is 11.9. The van der Waals surface area contributed by atoms with Crippen molar-refractivity contribution >= 4 is 5.91 Å². The Morgan fingerprint density at radius 2 is 1.81 bits per heavy atom. The van der Waals surface area contributed by atoms with Crippen molar-refractivity contribution in [3.63, 3.8) is 0 Å². The van der Waals surface area contributed by atoms with Gasteiger partial charge in [-0.05, 0) is 63.5 Å². The van der Waals surface area contributed by atoms with E-state index in [9.17, 15) is 4.79 Å². The van der Waals surface area contributed by atoms with Crippen LogP contribution in [0, 0.1) is 11.3 Å². The van der Waals surface area contributed by atoms with Crippen LogP contribution in [0.15, 0.2) is 0 Å². The monoisotopic (exact) mass is 295 g/mol. The van der Waals surface area contributed by atoms with Gasteiger partial charge in [0.2, 0.25) is 5.91 Å². The number of nitrogens with one attached hydrogen (secondary N) is 1. The van der Waals surface area contributed by atoms with Crippen LogP contribution in [0.1, 0.15) is 59.8 Å². The van der Waals surface area contributed by atoms with Crippen molar-refractivity contribution in [2.45, 2.75) is 71.4 Å². The van der Waals surface area contributed by atoms with E-state index in [1.807, 2.05) is 6.92 Å². The van der Waals surface area contributed by atoms with E-state index in [4.69, 9.17) is 5.73 Å². The minimum atomic E-state index is -0.581. The standard InChI is InChI=1S/C17H33N3O/c1-16(2,3)13-6-5-10-20(11-9-13)12-17(4,15(18)21)19-14-7-8-14/h13-14,19H,5-12H2,1-4H3,(H2,18,21). The first kappa shape index (κ1) is 16.8. The van der Waals surface area contributed by atoms with E-state index in [1.165, 1.54) is 32.1 Å². The van der Waals surface area contributed by atoms with Crippen molar-refractivity contribution < 1.29 is 4.79 Å². The van der Waals surface area contributed by atoms with Crippen molar-refractivity contribution in [2.75, 3.05) is 19.6 Å². The molecule has 1 heterocycles. The summed E-state index contributed by atoms with van der Waals surface area (Å²) in [4.78, 5) is 14.3. The SMILES string of the molecule is CC(CN1CCCC(C(C)(C)C)CC1)(NC1CC1)C(N)=O. The summed E-state index contributed by atoms with van der Waals surface area (Å²) in [5.74, 6) is 0.560. The third kappa shape index (κ3) is 4.68. The van der Waals surface area contributed by atoms with Crippen LogP contribution in [-0.2, 0) is 4.79 Å². The van der Waals surface area contributed by atoms with Gasteiger partial charge in [0.05, 0.1) is 0 Å². The van der Waals surface area contributed by atoms with Gasteiger partial charge in [-0.2, -0.15) is 0 Å².